The van der Waals surface area contributed by atoms with E-state index in [9.17, 15) is 4.79 Å². The van der Waals surface area contributed by atoms with Crippen molar-refractivity contribution in [1.82, 2.24) is 4.98 Å². The van der Waals surface area contributed by atoms with Gasteiger partial charge in [-0.25, -0.2) is 4.98 Å². The number of anilines is 1. The molecule has 7 nitrogen and oxygen atoms in total. The topological polar surface area (TPSA) is 82.8 Å². The van der Waals surface area contributed by atoms with Gasteiger partial charge in [0.25, 0.3) is 5.91 Å². The molecule has 1 heterocycles. The van der Waals surface area contributed by atoms with E-state index in [1.165, 1.54) is 21.3 Å². The van der Waals surface area contributed by atoms with Gasteiger partial charge in [-0.1, -0.05) is 13.8 Å². The van der Waals surface area contributed by atoms with Crippen LogP contribution in [-0.4, -0.2) is 32.2 Å². The van der Waals surface area contributed by atoms with Crippen LogP contribution in [0.3, 0.4) is 0 Å². The highest BCUT2D eigenvalue weighted by Gasteiger charge is 2.22. The predicted octanol–water partition coefficient (Wildman–Crippen LogP) is 3.38. The van der Waals surface area contributed by atoms with Crippen LogP contribution in [0.1, 0.15) is 41.9 Å². The van der Waals surface area contributed by atoms with Gasteiger partial charge in [0.1, 0.15) is 0 Å². The second kappa shape index (κ2) is 7.25. The second-order valence-corrected chi connectivity index (χ2v) is 5.47. The molecule has 2 rings (SSSR count). The van der Waals surface area contributed by atoms with Crippen LogP contribution in [0.5, 0.6) is 17.2 Å². The van der Waals surface area contributed by atoms with Crippen molar-refractivity contribution in [2.45, 2.75) is 26.7 Å². The molecule has 2 aromatic rings. The average molecular weight is 334 g/mol. The van der Waals surface area contributed by atoms with Gasteiger partial charge in [-0.15, -0.1) is 0 Å². The van der Waals surface area contributed by atoms with E-state index in [4.69, 9.17) is 18.6 Å². The van der Waals surface area contributed by atoms with Crippen molar-refractivity contribution in [1.29, 1.82) is 0 Å². The number of nitrogens with zero attached hydrogens (tertiary/aromatic N) is 1. The number of benzene rings is 1. The van der Waals surface area contributed by atoms with Gasteiger partial charge in [0.2, 0.25) is 11.5 Å². The Bertz CT molecular complexity index is 712. The molecule has 24 heavy (non-hydrogen) atoms. The van der Waals surface area contributed by atoms with E-state index in [1.54, 1.807) is 19.1 Å². The highest BCUT2D eigenvalue weighted by molar-refractivity contribution is 6.03. The molecule has 0 aliphatic heterocycles. The summed E-state index contributed by atoms with van der Waals surface area (Å²) in [5.41, 5.74) is 1.12. The molecular formula is C17H22N2O5. The summed E-state index contributed by atoms with van der Waals surface area (Å²) in [4.78, 5) is 16.8. The number of hydrogen-bond donors (Lipinski definition) is 1. The number of carbonyl (C=O) groups is 1. The zero-order valence-corrected chi connectivity index (χ0v) is 14.7. The first kappa shape index (κ1) is 17.7. The first-order chi connectivity index (χ1) is 11.4. The number of hydrogen-bond acceptors (Lipinski definition) is 6. The summed E-state index contributed by atoms with van der Waals surface area (Å²) in [6.45, 7) is 5.61. The van der Waals surface area contributed by atoms with Crippen LogP contribution >= 0.6 is 0 Å². The number of ether oxygens (including phenoxy) is 3. The SMILES string of the molecule is COc1cc(NC(=O)c2oc(C)nc2C(C)C)cc(OC)c1OC. The number of aryl methyl sites for hydroxylation is 1. The lowest BCUT2D eigenvalue weighted by Gasteiger charge is -2.14. The lowest BCUT2D eigenvalue weighted by Crippen LogP contribution is -2.14. The number of nitrogens with one attached hydrogen (secondary N) is 1. The maximum atomic E-state index is 12.5. The summed E-state index contributed by atoms with van der Waals surface area (Å²) in [5.74, 6) is 1.70. The summed E-state index contributed by atoms with van der Waals surface area (Å²) in [6, 6.07) is 3.30. The molecule has 0 aliphatic carbocycles. The van der Waals surface area contributed by atoms with Crippen molar-refractivity contribution in [2.75, 3.05) is 26.6 Å². The Hall–Kier alpha value is -2.70. The Kier molecular flexibility index (Phi) is 5.33. The monoisotopic (exact) mass is 334 g/mol. The van der Waals surface area contributed by atoms with Crippen molar-refractivity contribution in [3.63, 3.8) is 0 Å². The molecule has 7 heteroatoms. The van der Waals surface area contributed by atoms with Crippen LogP contribution < -0.4 is 19.5 Å². The molecule has 1 aromatic heterocycles. The fourth-order valence-corrected chi connectivity index (χ4v) is 2.34. The van der Waals surface area contributed by atoms with Gasteiger partial charge in [-0.3, -0.25) is 4.79 Å². The van der Waals surface area contributed by atoms with Crippen LogP contribution in [0.15, 0.2) is 16.5 Å². The lowest BCUT2D eigenvalue weighted by atomic mass is 10.1. The summed E-state index contributed by atoms with van der Waals surface area (Å²) < 4.78 is 21.3. The Labute approximate surface area is 140 Å². The molecular weight excluding hydrogens is 312 g/mol. The molecule has 0 bridgehead atoms. The number of methoxy groups -OCH3 is 3. The fourth-order valence-electron chi connectivity index (χ4n) is 2.34. The van der Waals surface area contributed by atoms with Gasteiger partial charge in [0.05, 0.1) is 27.0 Å². The van der Waals surface area contributed by atoms with Gasteiger partial charge in [-0.2, -0.15) is 0 Å². The van der Waals surface area contributed by atoms with Crippen LogP contribution in [0.25, 0.3) is 0 Å². The minimum Gasteiger partial charge on any atom is -0.493 e. The Balaban J connectivity index is 2.36. The molecule has 1 aromatic carbocycles. The van der Waals surface area contributed by atoms with E-state index in [1.807, 2.05) is 13.8 Å². The molecule has 0 saturated heterocycles. The summed E-state index contributed by atoms with van der Waals surface area (Å²) in [7, 11) is 4.55. The van der Waals surface area contributed by atoms with E-state index in [0.717, 1.165) is 0 Å². The molecule has 0 unspecified atom stereocenters. The van der Waals surface area contributed by atoms with Crippen molar-refractivity contribution < 1.29 is 23.4 Å². The summed E-state index contributed by atoms with van der Waals surface area (Å²) in [5, 5.41) is 2.78. The quantitative estimate of drug-likeness (QED) is 0.872. The fraction of sp³-hybridized carbons (Fsp3) is 0.412. The number of oxazole rings is 1. The molecule has 0 aliphatic rings. The van der Waals surface area contributed by atoms with Crippen LogP contribution in [0.4, 0.5) is 5.69 Å². The molecule has 0 radical (unpaired) electrons. The second-order valence-electron chi connectivity index (χ2n) is 5.47. The van der Waals surface area contributed by atoms with Gasteiger partial charge >= 0.3 is 0 Å². The molecule has 0 atom stereocenters. The first-order valence-electron chi connectivity index (χ1n) is 7.49. The average Bonchev–Trinajstić information content (AvgIpc) is 2.96. The minimum atomic E-state index is -0.381. The third-order valence-corrected chi connectivity index (χ3v) is 3.44. The van der Waals surface area contributed by atoms with E-state index in [-0.39, 0.29) is 17.6 Å². The smallest absolute Gasteiger partial charge is 0.293 e. The first-order valence-corrected chi connectivity index (χ1v) is 7.49. The zero-order chi connectivity index (χ0) is 17.9. The van der Waals surface area contributed by atoms with E-state index in [2.05, 4.69) is 10.3 Å². The van der Waals surface area contributed by atoms with Gasteiger partial charge in [-0.05, 0) is 5.92 Å². The Morgan fingerprint density at radius 1 is 1.12 bits per heavy atom. The Morgan fingerprint density at radius 2 is 1.71 bits per heavy atom. The molecule has 0 spiro atoms. The molecule has 0 saturated carbocycles. The third kappa shape index (κ3) is 3.45. The van der Waals surface area contributed by atoms with Crippen LogP contribution in [0.2, 0.25) is 0 Å². The number of aromatic nitrogens is 1. The zero-order valence-electron chi connectivity index (χ0n) is 14.7. The van der Waals surface area contributed by atoms with E-state index >= 15 is 0 Å². The normalized spacial score (nSPS) is 10.6. The van der Waals surface area contributed by atoms with Crippen molar-refractivity contribution >= 4 is 11.6 Å². The maximum absolute atomic E-state index is 12.5. The molecule has 1 N–H and O–H groups in total. The lowest BCUT2D eigenvalue weighted by molar-refractivity contribution is 0.0993. The highest BCUT2D eigenvalue weighted by Crippen LogP contribution is 2.40. The number of carbonyl (C=O) groups excluding carboxylic acids is 1. The van der Waals surface area contributed by atoms with Crippen molar-refractivity contribution in [3.05, 3.63) is 29.5 Å². The van der Waals surface area contributed by atoms with Crippen LogP contribution in [-0.2, 0) is 0 Å². The summed E-state index contributed by atoms with van der Waals surface area (Å²) in [6.07, 6.45) is 0. The highest BCUT2D eigenvalue weighted by atomic mass is 16.5. The van der Waals surface area contributed by atoms with Gasteiger partial charge in [0.15, 0.2) is 17.4 Å². The molecule has 0 fully saturated rings. The standard InChI is InChI=1S/C17H22N2O5/c1-9(2)14-16(24-10(3)18-14)17(20)19-11-7-12(21-4)15(23-6)13(8-11)22-5/h7-9H,1-6H3,(H,19,20). The largest absolute Gasteiger partial charge is 0.493 e. The van der Waals surface area contributed by atoms with E-state index < -0.39 is 0 Å². The number of rotatable bonds is 6. The van der Waals surface area contributed by atoms with Gasteiger partial charge in [0, 0.05) is 24.7 Å². The molecule has 1 amide bonds. The number of amides is 1. The Morgan fingerprint density at radius 3 is 2.17 bits per heavy atom. The summed E-state index contributed by atoms with van der Waals surface area (Å²) >= 11 is 0. The van der Waals surface area contributed by atoms with Crippen molar-refractivity contribution in [2.24, 2.45) is 0 Å². The predicted molar refractivity (Wildman–Crippen MR) is 89.4 cm³/mol. The van der Waals surface area contributed by atoms with Crippen LogP contribution in [0, 0.1) is 6.92 Å². The third-order valence-electron chi connectivity index (χ3n) is 3.44. The maximum Gasteiger partial charge on any atom is 0.293 e. The molecule has 130 valence electrons. The van der Waals surface area contributed by atoms with E-state index in [0.29, 0.717) is 34.5 Å². The van der Waals surface area contributed by atoms with Crippen molar-refractivity contribution in [3.8, 4) is 17.2 Å². The van der Waals surface area contributed by atoms with Gasteiger partial charge < -0.3 is 23.9 Å². The minimum absolute atomic E-state index is 0.0724.